The fourth-order valence-corrected chi connectivity index (χ4v) is 4.22. The Hall–Kier alpha value is -3.32. The van der Waals surface area contributed by atoms with Gasteiger partial charge in [-0.15, -0.1) is 0 Å². The fraction of sp³-hybridized carbons (Fsp3) is 0.429. The lowest BCUT2D eigenvalue weighted by Gasteiger charge is -2.27. The highest BCUT2D eigenvalue weighted by atomic mass is 16.5. The van der Waals surface area contributed by atoms with Gasteiger partial charge in [-0.1, -0.05) is 18.2 Å². The Morgan fingerprint density at radius 3 is 2.29 bits per heavy atom. The molecule has 0 spiro atoms. The summed E-state index contributed by atoms with van der Waals surface area (Å²) in [6.45, 7) is 10.3. The van der Waals surface area contributed by atoms with E-state index in [2.05, 4.69) is 0 Å². The number of aryl methyl sites for hydroxylation is 1. The van der Waals surface area contributed by atoms with Crippen molar-refractivity contribution >= 4 is 17.4 Å². The van der Waals surface area contributed by atoms with Crippen molar-refractivity contribution in [1.29, 1.82) is 0 Å². The number of aliphatic hydroxyl groups excluding tert-OH is 1. The fourth-order valence-electron chi connectivity index (χ4n) is 4.22. The molecule has 1 heterocycles. The van der Waals surface area contributed by atoms with Crippen LogP contribution in [0.3, 0.4) is 0 Å². The highest BCUT2D eigenvalue weighted by molar-refractivity contribution is 6.46. The average Bonchev–Trinajstić information content (AvgIpc) is 3.04. The molecule has 0 radical (unpaired) electrons. The van der Waals surface area contributed by atoms with E-state index in [1.165, 1.54) is 4.90 Å². The molecule has 1 fully saturated rings. The number of hydrogen-bond donors (Lipinski definition) is 1. The number of hydrogen-bond acceptors (Lipinski definition) is 6. The van der Waals surface area contributed by atoms with E-state index >= 15 is 0 Å². The Morgan fingerprint density at radius 2 is 1.66 bits per heavy atom. The van der Waals surface area contributed by atoms with Gasteiger partial charge in [0.05, 0.1) is 23.8 Å². The van der Waals surface area contributed by atoms with E-state index in [0.717, 1.165) is 5.56 Å². The summed E-state index contributed by atoms with van der Waals surface area (Å²) in [7, 11) is 1.59. The van der Waals surface area contributed by atoms with Gasteiger partial charge in [-0.25, -0.2) is 0 Å². The van der Waals surface area contributed by atoms with Crippen LogP contribution in [0.1, 0.15) is 56.8 Å². The van der Waals surface area contributed by atoms with E-state index in [0.29, 0.717) is 42.2 Å². The Kier molecular flexibility index (Phi) is 8.57. The van der Waals surface area contributed by atoms with E-state index < -0.39 is 17.7 Å². The molecule has 0 saturated carbocycles. The minimum absolute atomic E-state index is 0.00281. The summed E-state index contributed by atoms with van der Waals surface area (Å²) in [5.41, 5.74) is 1.96. The summed E-state index contributed by atoms with van der Waals surface area (Å²) < 4.78 is 17.0. The van der Waals surface area contributed by atoms with Crippen LogP contribution in [0.5, 0.6) is 11.5 Å². The number of ketones is 1. The molecule has 3 rings (SSSR count). The van der Waals surface area contributed by atoms with Gasteiger partial charge in [-0.2, -0.15) is 0 Å². The molecule has 0 bridgehead atoms. The SMILES string of the molecule is COCCCN1C(=O)C(=O)/C(=C(\O)c2ccc(OC(C)C)c(C)c2)C1c1ccccc1OC(C)C. The number of rotatable bonds is 10. The van der Waals surface area contributed by atoms with Crippen LogP contribution >= 0.6 is 0 Å². The molecule has 35 heavy (non-hydrogen) atoms. The third-order valence-corrected chi connectivity index (χ3v) is 5.67. The first-order valence-electron chi connectivity index (χ1n) is 12.0. The zero-order valence-electron chi connectivity index (χ0n) is 21.3. The van der Waals surface area contributed by atoms with Gasteiger partial charge in [-0.3, -0.25) is 9.59 Å². The van der Waals surface area contributed by atoms with Crippen molar-refractivity contribution in [1.82, 2.24) is 4.90 Å². The van der Waals surface area contributed by atoms with E-state index in [9.17, 15) is 14.7 Å². The molecule has 7 heteroatoms. The Morgan fingerprint density at radius 1 is 1.00 bits per heavy atom. The first-order valence-corrected chi connectivity index (χ1v) is 12.0. The Bertz CT molecular complexity index is 1100. The normalized spacial score (nSPS) is 17.5. The van der Waals surface area contributed by atoms with Gasteiger partial charge in [0.2, 0.25) is 0 Å². The molecule has 7 nitrogen and oxygen atoms in total. The molecule has 1 saturated heterocycles. The second kappa shape index (κ2) is 11.4. The molecule has 2 aromatic carbocycles. The van der Waals surface area contributed by atoms with E-state index in [1.807, 2.05) is 58.9 Å². The number of carbonyl (C=O) groups is 2. The van der Waals surface area contributed by atoms with Crippen LogP contribution in [-0.4, -0.2) is 54.2 Å². The molecule has 1 aliphatic heterocycles. The van der Waals surface area contributed by atoms with Crippen molar-refractivity contribution in [2.24, 2.45) is 0 Å². The number of aliphatic hydroxyl groups is 1. The number of ether oxygens (including phenoxy) is 3. The smallest absolute Gasteiger partial charge is 0.295 e. The molecule has 1 aliphatic rings. The number of carbonyl (C=O) groups excluding carboxylic acids is 2. The lowest BCUT2D eigenvalue weighted by molar-refractivity contribution is -0.140. The molecule has 1 atom stereocenters. The van der Waals surface area contributed by atoms with E-state index in [-0.39, 0.29) is 23.5 Å². The van der Waals surface area contributed by atoms with Crippen molar-refractivity contribution in [2.45, 2.75) is 59.3 Å². The quantitative estimate of drug-likeness (QED) is 0.222. The van der Waals surface area contributed by atoms with Crippen molar-refractivity contribution < 1.29 is 28.9 Å². The minimum Gasteiger partial charge on any atom is -0.507 e. The monoisotopic (exact) mass is 481 g/mol. The van der Waals surface area contributed by atoms with Crippen LogP contribution in [0.4, 0.5) is 0 Å². The lowest BCUT2D eigenvalue weighted by atomic mass is 9.94. The van der Waals surface area contributed by atoms with Crippen LogP contribution < -0.4 is 9.47 Å². The number of para-hydroxylation sites is 1. The number of methoxy groups -OCH3 is 1. The molecule has 2 aromatic rings. The predicted molar refractivity (Wildman–Crippen MR) is 135 cm³/mol. The van der Waals surface area contributed by atoms with Crippen molar-refractivity contribution in [3.05, 3.63) is 64.7 Å². The van der Waals surface area contributed by atoms with Crippen LogP contribution in [0, 0.1) is 6.92 Å². The summed E-state index contributed by atoms with van der Waals surface area (Å²) in [5.74, 6) is -0.327. The van der Waals surface area contributed by atoms with Crippen molar-refractivity contribution in [3.63, 3.8) is 0 Å². The van der Waals surface area contributed by atoms with Gasteiger partial charge >= 0.3 is 0 Å². The second-order valence-electron chi connectivity index (χ2n) is 9.19. The van der Waals surface area contributed by atoms with Crippen molar-refractivity contribution in [2.75, 3.05) is 20.3 Å². The highest BCUT2D eigenvalue weighted by Crippen LogP contribution is 2.43. The summed E-state index contributed by atoms with van der Waals surface area (Å²) in [6, 6.07) is 11.8. The standard InChI is InChI=1S/C28H35NO6/c1-17(2)34-22-13-12-20(16-19(22)5)26(30)24-25(21-10-7-8-11-23(21)35-18(3)4)29(14-9-15-33-6)28(32)27(24)31/h7-8,10-13,16-18,25,30H,9,14-15H2,1-6H3/b26-24-. The molecular weight excluding hydrogens is 446 g/mol. The van der Waals surface area contributed by atoms with Gasteiger partial charge in [0.15, 0.2) is 0 Å². The maximum atomic E-state index is 13.3. The number of nitrogens with zero attached hydrogens (tertiary/aromatic N) is 1. The van der Waals surface area contributed by atoms with E-state index in [1.54, 1.807) is 25.3 Å². The minimum atomic E-state index is -0.784. The number of amides is 1. The number of likely N-dealkylation sites (tertiary alicyclic amines) is 1. The van der Waals surface area contributed by atoms with Gasteiger partial charge in [0, 0.05) is 31.4 Å². The topological polar surface area (TPSA) is 85.3 Å². The average molecular weight is 482 g/mol. The molecule has 1 N–H and O–H groups in total. The molecule has 1 amide bonds. The molecule has 1 unspecified atom stereocenters. The second-order valence-corrected chi connectivity index (χ2v) is 9.19. The first-order chi connectivity index (χ1) is 16.6. The van der Waals surface area contributed by atoms with Gasteiger partial charge in [0.25, 0.3) is 11.7 Å². The largest absolute Gasteiger partial charge is 0.507 e. The third kappa shape index (κ3) is 5.85. The molecule has 0 aromatic heterocycles. The molecule has 188 valence electrons. The predicted octanol–water partition coefficient (Wildman–Crippen LogP) is 5.03. The highest BCUT2D eigenvalue weighted by Gasteiger charge is 2.46. The molecular formula is C28H35NO6. The summed E-state index contributed by atoms with van der Waals surface area (Å²) in [5, 5.41) is 11.4. The number of Topliss-reactive ketones (excluding diaryl/α,β-unsaturated/α-hetero) is 1. The van der Waals surface area contributed by atoms with Gasteiger partial charge in [-0.05, 0) is 70.9 Å². The summed E-state index contributed by atoms with van der Waals surface area (Å²) in [4.78, 5) is 27.9. The Balaban J connectivity index is 2.15. The van der Waals surface area contributed by atoms with Gasteiger partial charge < -0.3 is 24.2 Å². The Labute approximate surface area is 207 Å². The molecule has 0 aliphatic carbocycles. The van der Waals surface area contributed by atoms with Gasteiger partial charge in [0.1, 0.15) is 17.3 Å². The zero-order valence-corrected chi connectivity index (χ0v) is 21.3. The van der Waals surface area contributed by atoms with Crippen LogP contribution in [0.2, 0.25) is 0 Å². The van der Waals surface area contributed by atoms with E-state index in [4.69, 9.17) is 14.2 Å². The lowest BCUT2D eigenvalue weighted by Crippen LogP contribution is -2.31. The van der Waals surface area contributed by atoms with Crippen LogP contribution in [-0.2, 0) is 14.3 Å². The zero-order chi connectivity index (χ0) is 25.7. The maximum absolute atomic E-state index is 13.3. The summed E-state index contributed by atoms with van der Waals surface area (Å²) >= 11 is 0. The van der Waals surface area contributed by atoms with Crippen molar-refractivity contribution in [3.8, 4) is 11.5 Å². The third-order valence-electron chi connectivity index (χ3n) is 5.67. The van der Waals surface area contributed by atoms with Crippen LogP contribution in [0.25, 0.3) is 5.76 Å². The first kappa shape index (κ1) is 26.3. The summed E-state index contributed by atoms with van der Waals surface area (Å²) in [6.07, 6.45) is 0.444. The number of benzene rings is 2. The maximum Gasteiger partial charge on any atom is 0.295 e. The van der Waals surface area contributed by atoms with Crippen LogP contribution in [0.15, 0.2) is 48.0 Å².